The molecule has 0 bridgehead atoms. The number of hydrogen-bond acceptors (Lipinski definition) is 2. The van der Waals surface area contributed by atoms with Crippen molar-refractivity contribution >= 4 is 37.5 Å². The molecule has 1 aromatic carbocycles. The second-order valence-corrected chi connectivity index (χ2v) is 5.22. The van der Waals surface area contributed by atoms with Gasteiger partial charge in [0, 0.05) is 10.5 Å². The Balaban J connectivity index is 2.16. The molecular formula is C12H8Br2F2N2. The van der Waals surface area contributed by atoms with Crippen LogP contribution in [0.1, 0.15) is 5.69 Å². The van der Waals surface area contributed by atoms with E-state index in [0.717, 1.165) is 11.8 Å². The van der Waals surface area contributed by atoms with E-state index in [4.69, 9.17) is 0 Å². The maximum absolute atomic E-state index is 13.5. The first-order valence-corrected chi connectivity index (χ1v) is 6.64. The molecule has 2 aromatic rings. The summed E-state index contributed by atoms with van der Waals surface area (Å²) in [4.78, 5) is 4.21. The average Bonchev–Trinajstić information content (AvgIpc) is 2.27. The minimum atomic E-state index is -0.642. The summed E-state index contributed by atoms with van der Waals surface area (Å²) in [5.74, 6) is -1.26. The van der Waals surface area contributed by atoms with Crippen LogP contribution in [-0.4, -0.2) is 4.98 Å². The predicted octanol–water partition coefficient (Wildman–Crippen LogP) is 4.50. The molecular weight excluding hydrogens is 370 g/mol. The number of pyridine rings is 1. The van der Waals surface area contributed by atoms with Gasteiger partial charge in [0.25, 0.3) is 0 Å². The fourth-order valence-electron chi connectivity index (χ4n) is 1.44. The van der Waals surface area contributed by atoms with Crippen LogP contribution >= 0.6 is 31.9 Å². The lowest BCUT2D eigenvalue weighted by Gasteiger charge is -2.09. The molecule has 0 amide bonds. The topological polar surface area (TPSA) is 24.9 Å². The van der Waals surface area contributed by atoms with Crippen molar-refractivity contribution in [1.29, 1.82) is 0 Å². The molecule has 0 radical (unpaired) electrons. The Morgan fingerprint density at radius 3 is 2.61 bits per heavy atom. The fraction of sp³-hybridized carbons (Fsp3) is 0.0833. The number of benzene rings is 1. The maximum Gasteiger partial charge on any atom is 0.150 e. The maximum atomic E-state index is 13.5. The third-order valence-electron chi connectivity index (χ3n) is 2.23. The number of nitrogens with one attached hydrogen (secondary N) is 1. The molecule has 1 N–H and O–H groups in total. The summed E-state index contributed by atoms with van der Waals surface area (Å²) in [7, 11) is 0. The predicted molar refractivity (Wildman–Crippen MR) is 73.3 cm³/mol. The third kappa shape index (κ3) is 3.26. The van der Waals surface area contributed by atoms with Crippen molar-refractivity contribution in [2.24, 2.45) is 0 Å². The first kappa shape index (κ1) is 13.4. The summed E-state index contributed by atoms with van der Waals surface area (Å²) in [6.45, 7) is 0.348. The van der Waals surface area contributed by atoms with E-state index in [9.17, 15) is 8.78 Å². The van der Waals surface area contributed by atoms with Crippen molar-refractivity contribution in [2.75, 3.05) is 5.32 Å². The molecule has 0 saturated carbocycles. The summed E-state index contributed by atoms with van der Waals surface area (Å²) in [6.07, 6.45) is 0. The largest absolute Gasteiger partial charge is 0.376 e. The zero-order valence-corrected chi connectivity index (χ0v) is 12.2. The van der Waals surface area contributed by atoms with E-state index in [0.29, 0.717) is 15.6 Å². The molecule has 0 unspecified atom stereocenters. The quantitative estimate of drug-likeness (QED) is 0.796. The monoisotopic (exact) mass is 376 g/mol. The second kappa shape index (κ2) is 5.75. The van der Waals surface area contributed by atoms with E-state index in [1.807, 2.05) is 12.1 Å². The Morgan fingerprint density at radius 1 is 1.17 bits per heavy atom. The van der Waals surface area contributed by atoms with Crippen LogP contribution in [0.25, 0.3) is 0 Å². The first-order valence-electron chi connectivity index (χ1n) is 5.06. The Bertz CT molecular complexity index is 553. The molecule has 0 aliphatic carbocycles. The number of anilines is 1. The van der Waals surface area contributed by atoms with Gasteiger partial charge < -0.3 is 5.32 Å². The molecule has 1 heterocycles. The summed E-state index contributed by atoms with van der Waals surface area (Å²) >= 11 is 6.37. The minimum absolute atomic E-state index is 0.221. The van der Waals surface area contributed by atoms with E-state index in [1.165, 1.54) is 6.07 Å². The van der Waals surface area contributed by atoms with Crippen LogP contribution in [0.3, 0.4) is 0 Å². The highest BCUT2D eigenvalue weighted by Gasteiger charge is 2.09. The molecule has 0 atom stereocenters. The highest BCUT2D eigenvalue weighted by molar-refractivity contribution is 9.10. The lowest BCUT2D eigenvalue weighted by Crippen LogP contribution is -2.04. The van der Waals surface area contributed by atoms with Gasteiger partial charge in [0.15, 0.2) is 0 Å². The Kier molecular flexibility index (Phi) is 4.29. The molecule has 2 rings (SSSR count). The van der Waals surface area contributed by atoms with Crippen LogP contribution in [0, 0.1) is 11.6 Å². The van der Waals surface area contributed by atoms with Gasteiger partial charge in [0.1, 0.15) is 16.2 Å². The Hall–Kier alpha value is -1.01. The molecule has 6 heteroatoms. The Labute approximate surface area is 120 Å². The van der Waals surface area contributed by atoms with Crippen molar-refractivity contribution < 1.29 is 8.78 Å². The molecule has 2 nitrogen and oxygen atoms in total. The van der Waals surface area contributed by atoms with Crippen molar-refractivity contribution in [3.63, 3.8) is 0 Å². The number of rotatable bonds is 3. The lowest BCUT2D eigenvalue weighted by molar-refractivity contribution is 0.583. The lowest BCUT2D eigenvalue weighted by atomic mass is 10.3. The average molecular weight is 378 g/mol. The standard InChI is InChI=1S/C12H8Br2F2N2/c13-9-4-7(15)5-10(16)12(9)17-6-8-2-1-3-11(14)18-8/h1-5,17H,6H2. The van der Waals surface area contributed by atoms with Crippen molar-refractivity contribution in [3.05, 3.63) is 56.7 Å². The van der Waals surface area contributed by atoms with Crippen LogP contribution < -0.4 is 5.32 Å². The number of hydrogen-bond donors (Lipinski definition) is 1. The highest BCUT2D eigenvalue weighted by Crippen LogP contribution is 2.27. The Morgan fingerprint density at radius 2 is 1.94 bits per heavy atom. The van der Waals surface area contributed by atoms with Crippen LogP contribution in [0.4, 0.5) is 14.5 Å². The van der Waals surface area contributed by atoms with E-state index in [2.05, 4.69) is 42.2 Å². The van der Waals surface area contributed by atoms with Gasteiger partial charge in [-0.3, -0.25) is 0 Å². The van der Waals surface area contributed by atoms with Gasteiger partial charge in [-0.05, 0) is 50.1 Å². The molecule has 0 aliphatic rings. The van der Waals surface area contributed by atoms with Crippen molar-refractivity contribution in [1.82, 2.24) is 4.98 Å². The van der Waals surface area contributed by atoms with Gasteiger partial charge in [-0.2, -0.15) is 0 Å². The smallest absolute Gasteiger partial charge is 0.150 e. The molecule has 18 heavy (non-hydrogen) atoms. The number of halogens is 4. The molecule has 1 aromatic heterocycles. The zero-order chi connectivity index (χ0) is 13.1. The zero-order valence-electron chi connectivity index (χ0n) is 9.05. The SMILES string of the molecule is Fc1cc(F)c(NCc2cccc(Br)n2)c(Br)c1. The van der Waals surface area contributed by atoms with Crippen molar-refractivity contribution in [3.8, 4) is 0 Å². The normalized spacial score (nSPS) is 10.4. The molecule has 94 valence electrons. The number of nitrogens with zero attached hydrogens (tertiary/aromatic N) is 1. The van der Waals surface area contributed by atoms with Gasteiger partial charge in [0.2, 0.25) is 0 Å². The van der Waals surface area contributed by atoms with E-state index < -0.39 is 11.6 Å². The molecule has 0 aliphatic heterocycles. The van der Waals surface area contributed by atoms with Crippen LogP contribution in [0.2, 0.25) is 0 Å². The van der Waals surface area contributed by atoms with Crippen LogP contribution in [0.5, 0.6) is 0 Å². The number of aromatic nitrogens is 1. The van der Waals surface area contributed by atoms with Crippen molar-refractivity contribution in [2.45, 2.75) is 6.54 Å². The summed E-state index contributed by atoms with van der Waals surface area (Å²) < 4.78 is 27.5. The molecule has 0 spiro atoms. The summed E-state index contributed by atoms with van der Waals surface area (Å²) in [5.41, 5.74) is 0.971. The van der Waals surface area contributed by atoms with Gasteiger partial charge >= 0.3 is 0 Å². The van der Waals surface area contributed by atoms with E-state index in [-0.39, 0.29) is 5.69 Å². The van der Waals surface area contributed by atoms with Crippen LogP contribution in [-0.2, 0) is 6.54 Å². The summed E-state index contributed by atoms with van der Waals surface area (Å²) in [6, 6.07) is 7.50. The van der Waals surface area contributed by atoms with Crippen LogP contribution in [0.15, 0.2) is 39.4 Å². The summed E-state index contributed by atoms with van der Waals surface area (Å²) in [5, 5.41) is 2.88. The minimum Gasteiger partial charge on any atom is -0.376 e. The van der Waals surface area contributed by atoms with Gasteiger partial charge in [0.05, 0.1) is 17.9 Å². The van der Waals surface area contributed by atoms with Gasteiger partial charge in [-0.1, -0.05) is 6.07 Å². The highest BCUT2D eigenvalue weighted by atomic mass is 79.9. The molecule has 0 fully saturated rings. The van der Waals surface area contributed by atoms with Gasteiger partial charge in [-0.15, -0.1) is 0 Å². The molecule has 0 saturated heterocycles. The fourth-order valence-corrected chi connectivity index (χ4v) is 2.37. The first-order chi connectivity index (χ1) is 8.56. The second-order valence-electron chi connectivity index (χ2n) is 3.55. The van der Waals surface area contributed by atoms with E-state index in [1.54, 1.807) is 6.07 Å². The van der Waals surface area contributed by atoms with Gasteiger partial charge in [-0.25, -0.2) is 13.8 Å². The third-order valence-corrected chi connectivity index (χ3v) is 3.29. The van der Waals surface area contributed by atoms with E-state index >= 15 is 0 Å².